The molecule has 5 rings (SSSR count). The predicted octanol–water partition coefficient (Wildman–Crippen LogP) is 2.69. The van der Waals surface area contributed by atoms with Gasteiger partial charge < -0.3 is 15.2 Å². The number of hydrogen-bond donors (Lipinski definition) is 2. The normalized spacial score (nSPS) is 34.2. The molecule has 3 fully saturated rings. The molecule has 1 aliphatic carbocycles. The van der Waals surface area contributed by atoms with Gasteiger partial charge in [-0.25, -0.2) is 4.39 Å². The highest BCUT2D eigenvalue weighted by atomic mass is 19.4. The van der Waals surface area contributed by atoms with Crippen molar-refractivity contribution in [2.75, 3.05) is 5.32 Å². The van der Waals surface area contributed by atoms with Crippen LogP contribution >= 0.6 is 0 Å². The fraction of sp³-hybridized carbons (Fsp3) is 0.500. The summed E-state index contributed by atoms with van der Waals surface area (Å²) in [7, 11) is 1.74. The molecular weight excluding hydrogens is 406 g/mol. The van der Waals surface area contributed by atoms with Crippen LogP contribution in [0.4, 0.5) is 23.2 Å². The number of nitrogens with one attached hydrogen (secondary N) is 1. The van der Waals surface area contributed by atoms with Crippen molar-refractivity contribution in [2.45, 2.75) is 49.7 Å². The average Bonchev–Trinajstić information content (AvgIpc) is 2.87. The number of ether oxygens (including phenoxy) is 1. The minimum Gasteiger partial charge on any atom is -0.390 e. The number of alkyl halides is 3. The van der Waals surface area contributed by atoms with Gasteiger partial charge in [-0.3, -0.25) is 9.48 Å². The lowest BCUT2D eigenvalue weighted by Gasteiger charge is -2.29. The number of fused-ring (bicyclic) bond motifs is 5. The van der Waals surface area contributed by atoms with E-state index in [4.69, 9.17) is 4.74 Å². The summed E-state index contributed by atoms with van der Waals surface area (Å²) in [6.45, 7) is 1.79. The zero-order valence-corrected chi connectivity index (χ0v) is 16.1. The predicted molar refractivity (Wildman–Crippen MR) is 96.0 cm³/mol. The minimum atomic E-state index is -4.67. The molecule has 1 aromatic heterocycles. The van der Waals surface area contributed by atoms with Crippen LogP contribution in [0.3, 0.4) is 0 Å². The van der Waals surface area contributed by atoms with Crippen LogP contribution < -0.4 is 5.32 Å². The summed E-state index contributed by atoms with van der Waals surface area (Å²) in [6, 6.07) is 1.90. The number of amides is 1. The Hall–Kier alpha value is -2.46. The fourth-order valence-electron chi connectivity index (χ4n) is 5.57. The van der Waals surface area contributed by atoms with Crippen molar-refractivity contribution in [3.05, 3.63) is 47.0 Å². The van der Waals surface area contributed by atoms with E-state index in [1.54, 1.807) is 24.9 Å². The standard InChI is InChI=1S/C20H19F4N3O3/c1-9-11(7-27(2)26-9)18-8-19(18,15-6-14(28)16(18)30-15)17(29)25-13-5-10(20(22,23)24)3-4-12(13)21/h3-5,7,14-16,28H,6,8H2,1-2H3,(H,25,29)/t14-,15+,16-,18+,19+/m0/s1. The van der Waals surface area contributed by atoms with Gasteiger partial charge in [-0.2, -0.15) is 18.3 Å². The minimum absolute atomic E-state index is 0.240. The molecule has 30 heavy (non-hydrogen) atoms. The van der Waals surface area contributed by atoms with E-state index in [0.717, 1.165) is 5.56 Å². The highest BCUT2D eigenvalue weighted by Gasteiger charge is 2.87. The molecule has 3 aliphatic rings. The SMILES string of the molecule is Cc1nn(C)cc1[C@@]12C[C@]1(C(=O)Nc1cc(C(F)(F)F)ccc1F)[C@H]1C[C@H](O)[C@@H]2O1. The van der Waals surface area contributed by atoms with E-state index in [1.165, 1.54) is 0 Å². The van der Waals surface area contributed by atoms with Gasteiger partial charge in [-0.1, -0.05) is 0 Å². The number of aromatic nitrogens is 2. The van der Waals surface area contributed by atoms with Gasteiger partial charge in [0.15, 0.2) is 0 Å². The largest absolute Gasteiger partial charge is 0.416 e. The average molecular weight is 425 g/mol. The van der Waals surface area contributed by atoms with Crippen molar-refractivity contribution in [3.8, 4) is 0 Å². The molecule has 0 spiro atoms. The topological polar surface area (TPSA) is 76.4 Å². The van der Waals surface area contributed by atoms with Crippen LogP contribution in [-0.2, 0) is 28.2 Å². The zero-order chi connectivity index (χ0) is 21.6. The molecule has 2 aromatic rings. The summed E-state index contributed by atoms with van der Waals surface area (Å²) in [6.07, 6.45) is -4.29. The number of benzene rings is 1. The first-order valence-electron chi connectivity index (χ1n) is 9.53. The molecule has 2 saturated heterocycles. The van der Waals surface area contributed by atoms with Gasteiger partial charge in [0.2, 0.25) is 5.91 Å². The Balaban J connectivity index is 1.53. The molecule has 2 N–H and O–H groups in total. The van der Waals surface area contributed by atoms with Crippen LogP contribution in [0.2, 0.25) is 0 Å². The molecule has 0 radical (unpaired) electrons. The van der Waals surface area contributed by atoms with E-state index in [-0.39, 0.29) is 6.42 Å². The molecule has 1 amide bonds. The van der Waals surface area contributed by atoms with Crippen LogP contribution in [0.1, 0.15) is 29.7 Å². The van der Waals surface area contributed by atoms with Gasteiger partial charge in [0.25, 0.3) is 0 Å². The second-order valence-electron chi connectivity index (χ2n) is 8.42. The summed E-state index contributed by atoms with van der Waals surface area (Å²) < 4.78 is 60.8. The number of aryl methyl sites for hydroxylation is 2. The second kappa shape index (κ2) is 5.82. The van der Waals surface area contributed by atoms with E-state index in [2.05, 4.69) is 10.4 Å². The maximum absolute atomic E-state index is 14.2. The lowest BCUT2D eigenvalue weighted by molar-refractivity contribution is -0.137. The molecule has 2 aliphatic heterocycles. The summed E-state index contributed by atoms with van der Waals surface area (Å²) in [5.41, 5.74) is -2.07. The van der Waals surface area contributed by atoms with Crippen LogP contribution in [-0.4, -0.2) is 39.1 Å². The Labute approximate surface area is 168 Å². The summed E-state index contributed by atoms with van der Waals surface area (Å²) in [5.74, 6) is -1.57. The van der Waals surface area contributed by atoms with Crippen molar-refractivity contribution in [1.29, 1.82) is 0 Å². The Bertz CT molecular complexity index is 1070. The van der Waals surface area contributed by atoms with Crippen molar-refractivity contribution < 1.29 is 32.2 Å². The van der Waals surface area contributed by atoms with Gasteiger partial charge >= 0.3 is 6.18 Å². The van der Waals surface area contributed by atoms with E-state index in [0.29, 0.717) is 30.3 Å². The molecule has 3 heterocycles. The van der Waals surface area contributed by atoms with Gasteiger partial charge in [0.05, 0.1) is 40.7 Å². The Morgan fingerprint density at radius 2 is 2.13 bits per heavy atom. The maximum Gasteiger partial charge on any atom is 0.416 e. The van der Waals surface area contributed by atoms with Crippen molar-refractivity contribution in [1.82, 2.24) is 9.78 Å². The molecule has 160 valence electrons. The third kappa shape index (κ3) is 2.31. The quantitative estimate of drug-likeness (QED) is 0.742. The van der Waals surface area contributed by atoms with E-state index < -0.39 is 58.3 Å². The second-order valence-corrected chi connectivity index (χ2v) is 8.42. The van der Waals surface area contributed by atoms with E-state index in [9.17, 15) is 27.5 Å². The number of halogens is 4. The number of nitrogens with zero attached hydrogens (tertiary/aromatic N) is 2. The Kier molecular flexibility index (Phi) is 3.78. The number of anilines is 1. The van der Waals surface area contributed by atoms with Crippen LogP contribution in [0.15, 0.2) is 24.4 Å². The van der Waals surface area contributed by atoms with Crippen molar-refractivity contribution in [3.63, 3.8) is 0 Å². The number of carbonyl (C=O) groups excluding carboxylic acids is 1. The smallest absolute Gasteiger partial charge is 0.390 e. The monoisotopic (exact) mass is 425 g/mol. The van der Waals surface area contributed by atoms with Gasteiger partial charge in [0, 0.05) is 30.6 Å². The molecule has 2 bridgehead atoms. The third-order valence-corrected chi connectivity index (χ3v) is 6.82. The number of aliphatic hydroxyl groups excluding tert-OH is 1. The lowest BCUT2D eigenvalue weighted by atomic mass is 9.74. The third-order valence-electron chi connectivity index (χ3n) is 6.82. The molecular formula is C20H19F4N3O3. The molecule has 5 atom stereocenters. The maximum atomic E-state index is 14.2. The summed E-state index contributed by atoms with van der Waals surface area (Å²) in [5, 5.41) is 17.1. The van der Waals surface area contributed by atoms with E-state index >= 15 is 0 Å². The molecule has 10 heteroatoms. The van der Waals surface area contributed by atoms with Crippen molar-refractivity contribution >= 4 is 11.6 Å². The first kappa shape index (κ1) is 19.5. The molecule has 6 nitrogen and oxygen atoms in total. The van der Waals surface area contributed by atoms with Gasteiger partial charge in [-0.15, -0.1) is 0 Å². The Morgan fingerprint density at radius 1 is 1.40 bits per heavy atom. The number of aliphatic hydroxyl groups is 1. The van der Waals surface area contributed by atoms with Crippen LogP contribution in [0.5, 0.6) is 0 Å². The molecule has 1 saturated carbocycles. The fourth-order valence-corrected chi connectivity index (χ4v) is 5.57. The van der Waals surface area contributed by atoms with Crippen molar-refractivity contribution in [2.24, 2.45) is 12.5 Å². The Morgan fingerprint density at radius 3 is 2.77 bits per heavy atom. The van der Waals surface area contributed by atoms with Crippen LogP contribution in [0.25, 0.3) is 0 Å². The van der Waals surface area contributed by atoms with Gasteiger partial charge in [0.1, 0.15) is 5.82 Å². The molecule has 0 unspecified atom stereocenters. The highest BCUT2D eigenvalue weighted by Crippen LogP contribution is 2.78. The van der Waals surface area contributed by atoms with Gasteiger partial charge in [-0.05, 0) is 31.5 Å². The zero-order valence-electron chi connectivity index (χ0n) is 16.1. The number of carbonyl (C=O) groups is 1. The molecule has 1 aromatic carbocycles. The highest BCUT2D eigenvalue weighted by molar-refractivity contribution is 6.01. The number of hydrogen-bond acceptors (Lipinski definition) is 4. The summed E-state index contributed by atoms with van der Waals surface area (Å²) >= 11 is 0. The van der Waals surface area contributed by atoms with Crippen LogP contribution in [0, 0.1) is 18.2 Å². The lowest BCUT2D eigenvalue weighted by Crippen LogP contribution is -2.44. The number of rotatable bonds is 3. The first-order chi connectivity index (χ1) is 14.0. The summed E-state index contributed by atoms with van der Waals surface area (Å²) in [4.78, 5) is 13.3. The van der Waals surface area contributed by atoms with E-state index in [1.807, 2.05) is 0 Å². The first-order valence-corrected chi connectivity index (χ1v) is 9.53.